The predicted molar refractivity (Wildman–Crippen MR) is 146 cm³/mol. The van der Waals surface area contributed by atoms with Crippen LogP contribution in [0.1, 0.15) is 58.8 Å². The Hall–Kier alpha value is -4.18. The van der Waals surface area contributed by atoms with E-state index in [1.807, 2.05) is 42.5 Å². The van der Waals surface area contributed by atoms with Crippen molar-refractivity contribution in [2.24, 2.45) is 0 Å². The average molecular weight is 543 g/mol. The predicted octanol–water partition coefficient (Wildman–Crippen LogP) is 3.43. The highest BCUT2D eigenvalue weighted by molar-refractivity contribution is 6.10. The molecule has 1 spiro atoms. The number of anilines is 2. The fourth-order valence-corrected chi connectivity index (χ4v) is 6.09. The van der Waals surface area contributed by atoms with E-state index in [0.29, 0.717) is 43.2 Å². The molecule has 1 unspecified atom stereocenters. The molecule has 1 saturated heterocycles. The summed E-state index contributed by atoms with van der Waals surface area (Å²) in [6.07, 6.45) is 1.99. The molecule has 7 rings (SSSR count). The molecule has 2 fully saturated rings. The Balaban J connectivity index is 1.30. The molecule has 1 aliphatic carbocycles. The summed E-state index contributed by atoms with van der Waals surface area (Å²) in [6.45, 7) is 5.76. The number of hydrogen-bond acceptors (Lipinski definition) is 7. The van der Waals surface area contributed by atoms with E-state index in [4.69, 9.17) is 19.3 Å². The van der Waals surface area contributed by atoms with Crippen molar-refractivity contribution in [3.05, 3.63) is 65.0 Å². The molecule has 3 aliphatic heterocycles. The van der Waals surface area contributed by atoms with Gasteiger partial charge < -0.3 is 24.0 Å². The van der Waals surface area contributed by atoms with Gasteiger partial charge in [0.15, 0.2) is 5.69 Å². The maximum absolute atomic E-state index is 14.2. The van der Waals surface area contributed by atoms with E-state index in [9.17, 15) is 14.4 Å². The number of nitrogens with zero attached hydrogens (tertiary/aromatic N) is 4. The lowest BCUT2D eigenvalue weighted by molar-refractivity contribution is -0.132. The summed E-state index contributed by atoms with van der Waals surface area (Å²) in [5.74, 6) is 0.0134. The highest BCUT2D eigenvalue weighted by Crippen LogP contribution is 2.54. The third-order valence-corrected chi connectivity index (χ3v) is 8.33. The van der Waals surface area contributed by atoms with E-state index in [2.05, 4.69) is 0 Å². The SMILES string of the molecule is CCOC(=O)c1nn(-c2ccc3c(c2)CCO3)c2c1C1(CC1)CN(c1ccc(N3CCOC(C)C3=O)cc1)C2=O. The van der Waals surface area contributed by atoms with Crippen LogP contribution in [0.5, 0.6) is 5.75 Å². The second kappa shape index (κ2) is 9.19. The lowest BCUT2D eigenvalue weighted by atomic mass is 9.88. The second-order valence-electron chi connectivity index (χ2n) is 10.8. The minimum atomic E-state index is -0.511. The number of fused-ring (bicyclic) bond motifs is 3. The minimum Gasteiger partial charge on any atom is -0.493 e. The number of amides is 2. The molecule has 4 aliphatic rings. The molecule has 40 heavy (non-hydrogen) atoms. The third kappa shape index (κ3) is 3.81. The summed E-state index contributed by atoms with van der Waals surface area (Å²) >= 11 is 0. The highest BCUT2D eigenvalue weighted by atomic mass is 16.5. The molecular formula is C30H30N4O6. The Kier molecular flexibility index (Phi) is 5.71. The van der Waals surface area contributed by atoms with Crippen LogP contribution >= 0.6 is 0 Å². The standard InChI is InChI=1S/C30H30N4O6/c1-3-38-29(37)25-24-26(34(31-25)22-8-9-23-19(16-22)10-14-40-23)28(36)33(17-30(24)11-12-30)21-6-4-20(5-7-21)32-13-15-39-18(2)27(32)35/h4-9,16,18H,3,10-15,17H2,1-2H3. The van der Waals surface area contributed by atoms with Crippen LogP contribution in [0.2, 0.25) is 0 Å². The van der Waals surface area contributed by atoms with Crippen molar-refractivity contribution >= 4 is 29.2 Å². The topological polar surface area (TPSA) is 103 Å². The first kappa shape index (κ1) is 24.8. The van der Waals surface area contributed by atoms with Gasteiger partial charge in [0, 0.05) is 41.9 Å². The Morgan fingerprint density at radius 1 is 1.05 bits per heavy atom. The molecule has 10 nitrogen and oxygen atoms in total. The van der Waals surface area contributed by atoms with Crippen molar-refractivity contribution < 1.29 is 28.6 Å². The van der Waals surface area contributed by atoms with Gasteiger partial charge in [-0.2, -0.15) is 5.10 Å². The molecular weight excluding hydrogens is 512 g/mol. The number of ether oxygens (including phenoxy) is 3. The number of esters is 1. The fourth-order valence-electron chi connectivity index (χ4n) is 6.09. The number of benzene rings is 2. The number of morpholine rings is 1. The Labute approximate surface area is 231 Å². The van der Waals surface area contributed by atoms with Crippen molar-refractivity contribution in [2.75, 3.05) is 42.7 Å². The van der Waals surface area contributed by atoms with E-state index < -0.39 is 12.1 Å². The van der Waals surface area contributed by atoms with E-state index in [1.165, 1.54) is 0 Å². The van der Waals surface area contributed by atoms with Crippen LogP contribution in [0, 0.1) is 0 Å². The zero-order chi connectivity index (χ0) is 27.6. The average Bonchev–Trinajstić information content (AvgIpc) is 3.37. The van der Waals surface area contributed by atoms with Crippen LogP contribution in [0.3, 0.4) is 0 Å². The summed E-state index contributed by atoms with van der Waals surface area (Å²) in [7, 11) is 0. The van der Waals surface area contributed by atoms with Gasteiger partial charge in [0.05, 0.1) is 25.5 Å². The zero-order valence-electron chi connectivity index (χ0n) is 22.5. The van der Waals surface area contributed by atoms with Gasteiger partial charge in [0.2, 0.25) is 0 Å². The molecule has 1 atom stereocenters. The van der Waals surface area contributed by atoms with E-state index in [0.717, 1.165) is 42.0 Å². The Morgan fingerprint density at radius 3 is 2.50 bits per heavy atom. The maximum Gasteiger partial charge on any atom is 0.359 e. The van der Waals surface area contributed by atoms with Gasteiger partial charge in [-0.15, -0.1) is 0 Å². The fraction of sp³-hybridized carbons (Fsp3) is 0.400. The van der Waals surface area contributed by atoms with Crippen LogP contribution < -0.4 is 14.5 Å². The number of aromatic nitrogens is 2. The Morgan fingerprint density at radius 2 is 1.77 bits per heavy atom. The summed E-state index contributed by atoms with van der Waals surface area (Å²) in [5.41, 5.74) is 4.19. The first-order chi connectivity index (χ1) is 19.4. The van der Waals surface area contributed by atoms with Crippen molar-refractivity contribution in [3.63, 3.8) is 0 Å². The molecule has 1 aromatic heterocycles. The maximum atomic E-state index is 14.2. The summed E-state index contributed by atoms with van der Waals surface area (Å²) in [6, 6.07) is 13.2. The van der Waals surface area contributed by atoms with Crippen LogP contribution in [0.4, 0.5) is 11.4 Å². The number of carbonyl (C=O) groups is 3. The zero-order valence-corrected chi connectivity index (χ0v) is 22.5. The van der Waals surface area contributed by atoms with Crippen molar-refractivity contribution in [1.29, 1.82) is 0 Å². The first-order valence-corrected chi connectivity index (χ1v) is 13.8. The van der Waals surface area contributed by atoms with E-state index in [1.54, 1.807) is 28.3 Å². The van der Waals surface area contributed by atoms with Crippen molar-refractivity contribution in [1.82, 2.24) is 9.78 Å². The molecule has 2 amide bonds. The monoisotopic (exact) mass is 542 g/mol. The Bertz CT molecular complexity index is 1540. The van der Waals surface area contributed by atoms with Gasteiger partial charge in [-0.25, -0.2) is 9.48 Å². The molecule has 3 aromatic rings. The second-order valence-corrected chi connectivity index (χ2v) is 10.8. The summed E-state index contributed by atoms with van der Waals surface area (Å²) in [5, 5.41) is 4.71. The molecule has 10 heteroatoms. The smallest absolute Gasteiger partial charge is 0.359 e. The highest BCUT2D eigenvalue weighted by Gasteiger charge is 2.56. The van der Waals surface area contributed by atoms with Gasteiger partial charge >= 0.3 is 5.97 Å². The summed E-state index contributed by atoms with van der Waals surface area (Å²) in [4.78, 5) is 43.4. The lowest BCUT2D eigenvalue weighted by Gasteiger charge is -2.34. The lowest BCUT2D eigenvalue weighted by Crippen LogP contribution is -2.46. The minimum absolute atomic E-state index is 0.0789. The molecule has 206 valence electrons. The van der Waals surface area contributed by atoms with Crippen LogP contribution in [-0.4, -0.2) is 66.6 Å². The van der Waals surface area contributed by atoms with E-state index in [-0.39, 0.29) is 29.5 Å². The largest absolute Gasteiger partial charge is 0.493 e. The first-order valence-electron chi connectivity index (χ1n) is 13.8. The molecule has 0 N–H and O–H groups in total. The van der Waals surface area contributed by atoms with Crippen LogP contribution in [0.25, 0.3) is 5.69 Å². The van der Waals surface area contributed by atoms with Gasteiger partial charge in [-0.05, 0) is 74.7 Å². The molecule has 0 bridgehead atoms. The third-order valence-electron chi connectivity index (χ3n) is 8.33. The molecule has 0 radical (unpaired) electrons. The molecule has 4 heterocycles. The van der Waals surface area contributed by atoms with Crippen LogP contribution in [0.15, 0.2) is 42.5 Å². The summed E-state index contributed by atoms with van der Waals surface area (Å²) < 4.78 is 18.1. The molecule has 2 aromatic carbocycles. The van der Waals surface area contributed by atoms with Crippen LogP contribution in [-0.2, 0) is 26.1 Å². The van der Waals surface area contributed by atoms with Gasteiger partial charge in [-0.3, -0.25) is 9.59 Å². The number of hydrogen-bond donors (Lipinski definition) is 0. The van der Waals surface area contributed by atoms with Gasteiger partial charge in [-0.1, -0.05) is 0 Å². The van der Waals surface area contributed by atoms with Gasteiger partial charge in [0.1, 0.15) is 17.5 Å². The van der Waals surface area contributed by atoms with Crippen molar-refractivity contribution in [2.45, 2.75) is 44.6 Å². The van der Waals surface area contributed by atoms with Gasteiger partial charge in [0.25, 0.3) is 11.8 Å². The quantitative estimate of drug-likeness (QED) is 0.455. The normalized spacial score (nSPS) is 20.8. The molecule has 1 saturated carbocycles. The number of rotatable bonds is 5. The number of carbonyl (C=O) groups excluding carboxylic acids is 3. The van der Waals surface area contributed by atoms with E-state index >= 15 is 0 Å². The van der Waals surface area contributed by atoms with Crippen molar-refractivity contribution in [3.8, 4) is 11.4 Å².